The maximum absolute atomic E-state index is 10.5. The van der Waals surface area contributed by atoms with E-state index in [-0.39, 0.29) is 0 Å². The Balaban J connectivity index is 2.53. The standard InChI is InChI=1S/C14H20O/c15-13-12-14-10-8-6-4-2-1-3-5-7-9-11-14/h4,6-7,9,11,13H,1-3,5,8,10,12H2. The van der Waals surface area contributed by atoms with Crippen molar-refractivity contribution in [3.63, 3.8) is 0 Å². The van der Waals surface area contributed by atoms with Crippen molar-refractivity contribution in [3.05, 3.63) is 36.0 Å². The number of hydrogen-bond donors (Lipinski definition) is 0. The van der Waals surface area contributed by atoms with Crippen molar-refractivity contribution in [2.45, 2.75) is 44.9 Å². The highest BCUT2D eigenvalue weighted by molar-refractivity contribution is 5.54. The molecule has 0 atom stereocenters. The summed E-state index contributed by atoms with van der Waals surface area (Å²) >= 11 is 0. The summed E-state index contributed by atoms with van der Waals surface area (Å²) < 4.78 is 0. The number of allylic oxidation sites excluding steroid dienone is 6. The predicted octanol–water partition coefficient (Wildman–Crippen LogP) is 3.97. The molecule has 0 heterocycles. The van der Waals surface area contributed by atoms with Gasteiger partial charge in [0, 0.05) is 6.42 Å². The van der Waals surface area contributed by atoms with Crippen molar-refractivity contribution in [1.82, 2.24) is 0 Å². The summed E-state index contributed by atoms with van der Waals surface area (Å²) in [6, 6.07) is 0. The number of rotatable bonds is 2. The fourth-order valence-corrected chi connectivity index (χ4v) is 1.69. The lowest BCUT2D eigenvalue weighted by Crippen LogP contribution is -1.85. The molecule has 0 spiro atoms. The smallest absolute Gasteiger partial charge is 0.124 e. The van der Waals surface area contributed by atoms with E-state index in [1.807, 2.05) is 0 Å². The molecule has 0 saturated heterocycles. The Hall–Kier alpha value is -1.11. The van der Waals surface area contributed by atoms with Gasteiger partial charge < -0.3 is 4.79 Å². The first kappa shape index (κ1) is 12.0. The molecule has 0 fully saturated rings. The zero-order valence-electron chi connectivity index (χ0n) is 9.32. The molecule has 1 aliphatic rings. The second-order valence-electron chi connectivity index (χ2n) is 3.92. The minimum atomic E-state index is 0.582. The van der Waals surface area contributed by atoms with Gasteiger partial charge >= 0.3 is 0 Å². The molecule has 1 rings (SSSR count). The Morgan fingerprint density at radius 2 is 1.80 bits per heavy atom. The predicted molar refractivity (Wildman–Crippen MR) is 64.7 cm³/mol. The number of carbonyl (C=O) groups excluding carboxylic acids is 1. The first-order valence-corrected chi connectivity index (χ1v) is 5.86. The van der Waals surface area contributed by atoms with Crippen molar-refractivity contribution >= 4 is 6.29 Å². The van der Waals surface area contributed by atoms with Crippen LogP contribution in [0, 0.1) is 0 Å². The van der Waals surface area contributed by atoms with Crippen LogP contribution in [0.1, 0.15) is 44.9 Å². The van der Waals surface area contributed by atoms with Gasteiger partial charge in [-0.1, -0.05) is 36.0 Å². The molecule has 0 amide bonds. The minimum Gasteiger partial charge on any atom is -0.303 e. The number of aldehydes is 1. The third-order valence-corrected chi connectivity index (χ3v) is 2.60. The van der Waals surface area contributed by atoms with E-state index in [1.165, 1.54) is 24.8 Å². The van der Waals surface area contributed by atoms with Crippen molar-refractivity contribution < 1.29 is 4.79 Å². The van der Waals surface area contributed by atoms with E-state index in [4.69, 9.17) is 0 Å². The first-order valence-electron chi connectivity index (χ1n) is 5.86. The van der Waals surface area contributed by atoms with Crippen LogP contribution >= 0.6 is 0 Å². The van der Waals surface area contributed by atoms with E-state index >= 15 is 0 Å². The van der Waals surface area contributed by atoms with E-state index in [1.54, 1.807) is 0 Å². The summed E-state index contributed by atoms with van der Waals surface area (Å²) in [5, 5.41) is 0. The van der Waals surface area contributed by atoms with Gasteiger partial charge in [-0.3, -0.25) is 0 Å². The van der Waals surface area contributed by atoms with Gasteiger partial charge in [0.15, 0.2) is 0 Å². The number of hydrogen-bond acceptors (Lipinski definition) is 1. The first-order chi connectivity index (χ1) is 7.43. The van der Waals surface area contributed by atoms with Crippen LogP contribution in [0.5, 0.6) is 0 Å². The van der Waals surface area contributed by atoms with Crippen LogP contribution in [0.2, 0.25) is 0 Å². The molecule has 0 aliphatic heterocycles. The Morgan fingerprint density at radius 3 is 2.60 bits per heavy atom. The SMILES string of the molecule is O=CCC1=CC=CCCCCC=CCC1. The summed E-state index contributed by atoms with van der Waals surface area (Å²) in [4.78, 5) is 10.5. The van der Waals surface area contributed by atoms with Crippen LogP contribution in [0.4, 0.5) is 0 Å². The Labute approximate surface area is 92.6 Å². The summed E-state index contributed by atoms with van der Waals surface area (Å²) in [6.07, 6.45) is 19.5. The van der Waals surface area contributed by atoms with Crippen LogP contribution < -0.4 is 0 Å². The summed E-state index contributed by atoms with van der Waals surface area (Å²) in [6.45, 7) is 0. The van der Waals surface area contributed by atoms with Gasteiger partial charge in [-0.25, -0.2) is 0 Å². The lowest BCUT2D eigenvalue weighted by molar-refractivity contribution is -0.107. The van der Waals surface area contributed by atoms with Crippen LogP contribution in [-0.2, 0) is 4.79 Å². The van der Waals surface area contributed by atoms with Gasteiger partial charge in [-0.05, 0) is 38.5 Å². The minimum absolute atomic E-state index is 0.582. The molecule has 15 heavy (non-hydrogen) atoms. The molecule has 1 aliphatic carbocycles. The summed E-state index contributed by atoms with van der Waals surface area (Å²) in [5.41, 5.74) is 1.24. The van der Waals surface area contributed by atoms with Crippen molar-refractivity contribution in [1.29, 1.82) is 0 Å². The highest BCUT2D eigenvalue weighted by Crippen LogP contribution is 2.11. The maximum atomic E-state index is 10.5. The van der Waals surface area contributed by atoms with E-state index in [2.05, 4.69) is 30.4 Å². The lowest BCUT2D eigenvalue weighted by atomic mass is 10.0. The molecule has 82 valence electrons. The van der Waals surface area contributed by atoms with Gasteiger partial charge in [0.1, 0.15) is 6.29 Å². The molecule has 0 N–H and O–H groups in total. The Kier molecular flexibility index (Phi) is 6.55. The fourth-order valence-electron chi connectivity index (χ4n) is 1.69. The molecule has 0 unspecified atom stereocenters. The maximum Gasteiger partial charge on any atom is 0.124 e. The summed E-state index contributed by atoms with van der Waals surface area (Å²) in [5.74, 6) is 0. The molecule has 0 saturated carbocycles. The highest BCUT2D eigenvalue weighted by atomic mass is 16.1. The van der Waals surface area contributed by atoms with E-state index in [0.29, 0.717) is 6.42 Å². The van der Waals surface area contributed by atoms with Crippen molar-refractivity contribution in [2.24, 2.45) is 0 Å². The molecule has 0 aromatic heterocycles. The lowest BCUT2D eigenvalue weighted by Gasteiger charge is -2.01. The zero-order chi connectivity index (χ0) is 10.8. The Bertz CT molecular complexity index is 259. The zero-order valence-corrected chi connectivity index (χ0v) is 9.32. The van der Waals surface area contributed by atoms with Gasteiger partial charge in [0.2, 0.25) is 0 Å². The molecule has 0 radical (unpaired) electrons. The normalized spacial score (nSPS) is 18.8. The van der Waals surface area contributed by atoms with E-state index in [0.717, 1.165) is 25.5 Å². The van der Waals surface area contributed by atoms with E-state index in [9.17, 15) is 4.79 Å². The molecular weight excluding hydrogens is 184 g/mol. The second-order valence-corrected chi connectivity index (χ2v) is 3.92. The molecule has 0 bridgehead atoms. The molecule has 0 aromatic rings. The number of carbonyl (C=O) groups is 1. The van der Waals surface area contributed by atoms with Gasteiger partial charge in [0.25, 0.3) is 0 Å². The van der Waals surface area contributed by atoms with Crippen LogP contribution in [0.25, 0.3) is 0 Å². The summed E-state index contributed by atoms with van der Waals surface area (Å²) in [7, 11) is 0. The topological polar surface area (TPSA) is 17.1 Å². The highest BCUT2D eigenvalue weighted by Gasteiger charge is 1.94. The second kappa shape index (κ2) is 8.22. The van der Waals surface area contributed by atoms with Crippen LogP contribution in [-0.4, -0.2) is 6.29 Å². The van der Waals surface area contributed by atoms with Gasteiger partial charge in [0.05, 0.1) is 0 Å². The largest absolute Gasteiger partial charge is 0.303 e. The molecule has 1 nitrogen and oxygen atoms in total. The third kappa shape index (κ3) is 6.05. The van der Waals surface area contributed by atoms with Crippen molar-refractivity contribution in [3.8, 4) is 0 Å². The van der Waals surface area contributed by atoms with Crippen LogP contribution in [0.15, 0.2) is 36.0 Å². The van der Waals surface area contributed by atoms with Gasteiger partial charge in [-0.2, -0.15) is 0 Å². The van der Waals surface area contributed by atoms with Crippen molar-refractivity contribution in [2.75, 3.05) is 0 Å². The quantitative estimate of drug-likeness (QED) is 0.491. The Morgan fingerprint density at radius 1 is 1.07 bits per heavy atom. The molecule has 0 aromatic carbocycles. The monoisotopic (exact) mass is 204 g/mol. The van der Waals surface area contributed by atoms with Gasteiger partial charge in [-0.15, -0.1) is 0 Å². The fraction of sp³-hybridized carbons (Fsp3) is 0.500. The average molecular weight is 204 g/mol. The van der Waals surface area contributed by atoms with E-state index < -0.39 is 0 Å². The molecule has 1 heteroatoms. The molecular formula is C14H20O. The third-order valence-electron chi connectivity index (χ3n) is 2.60. The van der Waals surface area contributed by atoms with Crippen LogP contribution in [0.3, 0.4) is 0 Å². The average Bonchev–Trinajstić information content (AvgIpc) is 2.22.